The summed E-state index contributed by atoms with van der Waals surface area (Å²) in [5.41, 5.74) is 1.23. The molecular formula is C25H27NO3S. The van der Waals surface area contributed by atoms with Crippen LogP contribution < -0.4 is 0 Å². The number of amides is 1. The average molecular weight is 422 g/mol. The Balaban J connectivity index is 1.40. The quantitative estimate of drug-likeness (QED) is 0.583. The van der Waals surface area contributed by atoms with Crippen molar-refractivity contribution in [1.29, 1.82) is 0 Å². The van der Waals surface area contributed by atoms with Crippen LogP contribution in [0.5, 0.6) is 0 Å². The van der Waals surface area contributed by atoms with Crippen molar-refractivity contribution in [2.45, 2.75) is 55.9 Å². The summed E-state index contributed by atoms with van der Waals surface area (Å²) in [7, 11) is -3.04. The molecule has 2 unspecified atom stereocenters. The molecule has 30 heavy (non-hydrogen) atoms. The maximum atomic E-state index is 13.2. The van der Waals surface area contributed by atoms with E-state index >= 15 is 0 Å². The Kier molecular flexibility index (Phi) is 4.81. The highest BCUT2D eigenvalue weighted by Crippen LogP contribution is 2.39. The van der Waals surface area contributed by atoms with Crippen molar-refractivity contribution in [2.75, 3.05) is 6.26 Å². The van der Waals surface area contributed by atoms with Crippen LogP contribution in [0.2, 0.25) is 0 Å². The number of hydrogen-bond acceptors (Lipinski definition) is 3. The molecule has 3 aromatic rings. The summed E-state index contributed by atoms with van der Waals surface area (Å²) in [4.78, 5) is 15.3. The Morgan fingerprint density at radius 3 is 2.00 bits per heavy atom. The summed E-state index contributed by atoms with van der Waals surface area (Å²) >= 11 is 0. The van der Waals surface area contributed by atoms with Crippen molar-refractivity contribution in [3.8, 4) is 0 Å². The molecule has 2 saturated heterocycles. The largest absolute Gasteiger partial charge is 0.337 e. The van der Waals surface area contributed by atoms with Gasteiger partial charge < -0.3 is 4.90 Å². The van der Waals surface area contributed by atoms with E-state index in [2.05, 4.69) is 54.6 Å². The Morgan fingerprint density at radius 1 is 0.933 bits per heavy atom. The van der Waals surface area contributed by atoms with Gasteiger partial charge in [0.15, 0.2) is 0 Å². The molecule has 5 rings (SSSR count). The maximum Gasteiger partial charge on any atom is 0.223 e. The lowest BCUT2D eigenvalue weighted by Gasteiger charge is -2.38. The van der Waals surface area contributed by atoms with E-state index in [9.17, 15) is 13.2 Å². The molecule has 5 heteroatoms. The summed E-state index contributed by atoms with van der Waals surface area (Å²) < 4.78 is 24.1. The van der Waals surface area contributed by atoms with Gasteiger partial charge in [0.05, 0.1) is 5.25 Å². The third-order valence-corrected chi connectivity index (χ3v) is 8.65. The molecule has 2 aliphatic heterocycles. The minimum absolute atomic E-state index is 0.0836. The summed E-state index contributed by atoms with van der Waals surface area (Å²) in [6, 6.07) is 19.1. The van der Waals surface area contributed by atoms with Gasteiger partial charge in [0.1, 0.15) is 9.84 Å². The molecule has 0 aliphatic carbocycles. The Hall–Kier alpha value is -2.40. The first-order valence-electron chi connectivity index (χ1n) is 10.8. The molecule has 156 valence electrons. The lowest BCUT2D eigenvalue weighted by atomic mass is 9.93. The van der Waals surface area contributed by atoms with Crippen molar-refractivity contribution >= 4 is 37.3 Å². The van der Waals surface area contributed by atoms with Gasteiger partial charge in [-0.2, -0.15) is 0 Å². The number of rotatable bonds is 4. The zero-order chi connectivity index (χ0) is 20.9. The number of carbonyl (C=O) groups excluding carboxylic acids is 1. The second kappa shape index (κ2) is 7.38. The summed E-state index contributed by atoms with van der Waals surface area (Å²) in [5.74, 6) is 0.173. The number of piperidine rings is 1. The van der Waals surface area contributed by atoms with Crippen LogP contribution in [0.3, 0.4) is 0 Å². The number of fused-ring (bicyclic) bond motifs is 4. The Bertz CT molecular complexity index is 1170. The molecule has 2 heterocycles. The fourth-order valence-corrected chi connectivity index (χ4v) is 6.77. The predicted octanol–water partition coefficient (Wildman–Crippen LogP) is 4.49. The van der Waals surface area contributed by atoms with Crippen LogP contribution in [0, 0.1) is 0 Å². The van der Waals surface area contributed by atoms with Crippen LogP contribution in [0.4, 0.5) is 0 Å². The van der Waals surface area contributed by atoms with E-state index in [1.165, 1.54) is 33.4 Å². The molecule has 0 saturated carbocycles. The van der Waals surface area contributed by atoms with Crippen molar-refractivity contribution < 1.29 is 13.2 Å². The van der Waals surface area contributed by atoms with E-state index in [-0.39, 0.29) is 23.2 Å². The van der Waals surface area contributed by atoms with Gasteiger partial charge in [-0.05, 0) is 65.3 Å². The minimum Gasteiger partial charge on any atom is -0.337 e. The van der Waals surface area contributed by atoms with Crippen molar-refractivity contribution in [3.63, 3.8) is 0 Å². The van der Waals surface area contributed by atoms with E-state index < -0.39 is 9.84 Å². The van der Waals surface area contributed by atoms with Gasteiger partial charge in [-0.25, -0.2) is 8.42 Å². The highest BCUT2D eigenvalue weighted by Gasteiger charge is 2.45. The average Bonchev–Trinajstić information content (AvgIpc) is 2.99. The normalized spacial score (nSPS) is 23.9. The van der Waals surface area contributed by atoms with Crippen LogP contribution in [0.1, 0.15) is 37.7 Å². The molecule has 0 aromatic heterocycles. The number of aryl methyl sites for hydroxylation is 1. The van der Waals surface area contributed by atoms with E-state index in [0.29, 0.717) is 25.7 Å². The Morgan fingerprint density at radius 2 is 1.47 bits per heavy atom. The van der Waals surface area contributed by atoms with Gasteiger partial charge in [0.25, 0.3) is 0 Å². The summed E-state index contributed by atoms with van der Waals surface area (Å²) in [6.45, 7) is 0. The smallest absolute Gasteiger partial charge is 0.223 e. The van der Waals surface area contributed by atoms with Crippen LogP contribution in [-0.2, 0) is 21.1 Å². The van der Waals surface area contributed by atoms with Gasteiger partial charge in [0, 0.05) is 24.8 Å². The maximum absolute atomic E-state index is 13.2. The fraction of sp³-hybridized carbons (Fsp3) is 0.400. The second-order valence-electron chi connectivity index (χ2n) is 8.91. The lowest BCUT2D eigenvalue weighted by molar-refractivity contribution is -0.135. The van der Waals surface area contributed by atoms with Gasteiger partial charge >= 0.3 is 0 Å². The first-order valence-corrected chi connectivity index (χ1v) is 12.8. The van der Waals surface area contributed by atoms with Crippen molar-refractivity contribution in [1.82, 2.24) is 4.90 Å². The Labute approximate surface area is 177 Å². The third kappa shape index (κ3) is 3.39. The van der Waals surface area contributed by atoms with Gasteiger partial charge in [-0.15, -0.1) is 0 Å². The standard InChI is InChI=1S/C25H27NO3S/c1-30(28,29)21-15-19-10-11-20(16-21)26(19)25(27)13-12-24-22-8-4-2-6-17(22)14-18-7-3-5-9-23(18)24/h2-9,14,19-21H,10-13,15-16H2,1H3. The molecule has 0 N–H and O–H groups in total. The molecule has 0 radical (unpaired) electrons. The molecule has 0 spiro atoms. The van der Waals surface area contributed by atoms with Crippen LogP contribution in [0.15, 0.2) is 54.6 Å². The monoisotopic (exact) mass is 421 g/mol. The molecule has 3 aromatic carbocycles. The number of hydrogen-bond donors (Lipinski definition) is 0. The SMILES string of the molecule is CS(=O)(=O)C1CC2CCC(C1)N2C(=O)CCc1c2ccccc2cc2ccccc12. The zero-order valence-corrected chi connectivity index (χ0v) is 18.1. The summed E-state index contributed by atoms with van der Waals surface area (Å²) in [5, 5.41) is 4.53. The molecule has 4 nitrogen and oxygen atoms in total. The van der Waals surface area contributed by atoms with Gasteiger partial charge in [-0.1, -0.05) is 48.5 Å². The highest BCUT2D eigenvalue weighted by atomic mass is 32.2. The number of benzene rings is 3. The van der Waals surface area contributed by atoms with Crippen LogP contribution in [-0.4, -0.2) is 42.8 Å². The van der Waals surface area contributed by atoms with E-state index in [1.54, 1.807) is 0 Å². The molecule has 2 fully saturated rings. The van der Waals surface area contributed by atoms with Crippen molar-refractivity contribution in [2.24, 2.45) is 0 Å². The summed E-state index contributed by atoms with van der Waals surface area (Å²) in [6.07, 6.45) is 5.55. The highest BCUT2D eigenvalue weighted by molar-refractivity contribution is 7.91. The van der Waals surface area contributed by atoms with E-state index in [4.69, 9.17) is 0 Å². The first-order chi connectivity index (χ1) is 14.4. The second-order valence-corrected chi connectivity index (χ2v) is 11.2. The van der Waals surface area contributed by atoms with Gasteiger partial charge in [-0.3, -0.25) is 4.79 Å². The molecule has 2 aliphatic rings. The molecule has 2 atom stereocenters. The molecule has 1 amide bonds. The number of sulfone groups is 1. The topological polar surface area (TPSA) is 54.5 Å². The van der Waals surface area contributed by atoms with E-state index in [0.717, 1.165) is 12.8 Å². The first kappa shape index (κ1) is 19.6. The van der Waals surface area contributed by atoms with Crippen LogP contribution in [0.25, 0.3) is 21.5 Å². The molecular weight excluding hydrogens is 394 g/mol. The van der Waals surface area contributed by atoms with Crippen LogP contribution >= 0.6 is 0 Å². The van der Waals surface area contributed by atoms with Gasteiger partial charge in [0.2, 0.25) is 5.91 Å². The third-order valence-electron chi connectivity index (χ3n) is 7.06. The number of nitrogens with zero attached hydrogens (tertiary/aromatic N) is 1. The fourth-order valence-electron chi connectivity index (χ4n) is 5.62. The predicted molar refractivity (Wildman–Crippen MR) is 121 cm³/mol. The molecule has 2 bridgehead atoms. The minimum atomic E-state index is -3.04. The van der Waals surface area contributed by atoms with Crippen molar-refractivity contribution in [3.05, 3.63) is 60.2 Å². The zero-order valence-electron chi connectivity index (χ0n) is 17.3. The number of carbonyl (C=O) groups is 1. The van der Waals surface area contributed by atoms with E-state index in [1.807, 2.05) is 4.90 Å². The lowest BCUT2D eigenvalue weighted by Crippen LogP contribution is -2.49.